The fourth-order valence-electron chi connectivity index (χ4n) is 3.24. The maximum absolute atomic E-state index is 13.3. The number of nitrogens with zero attached hydrogens (tertiary/aromatic N) is 3. The molecule has 0 fully saturated rings. The molecule has 2 rings (SSSR count). The number of hydrogen-bond acceptors (Lipinski definition) is 7. The van der Waals surface area contributed by atoms with Gasteiger partial charge in [-0.05, 0) is 79.4 Å². The van der Waals surface area contributed by atoms with Crippen LogP contribution in [0.4, 0.5) is 20.2 Å². The zero-order chi connectivity index (χ0) is 27.1. The lowest BCUT2D eigenvalue weighted by atomic mass is 9.84. The first-order valence-corrected chi connectivity index (χ1v) is 11.6. The molecule has 35 heavy (non-hydrogen) atoms. The van der Waals surface area contributed by atoms with Gasteiger partial charge >= 0.3 is 18.3 Å². The number of amides is 2. The Morgan fingerprint density at radius 2 is 1.20 bits per heavy atom. The summed E-state index contributed by atoms with van der Waals surface area (Å²) in [4.78, 5) is 40.5. The molecule has 0 aliphatic carbocycles. The lowest BCUT2D eigenvalue weighted by Crippen LogP contribution is -2.44. The minimum atomic E-state index is -0.966. The van der Waals surface area contributed by atoms with E-state index in [1.165, 1.54) is 0 Å². The summed E-state index contributed by atoms with van der Waals surface area (Å²) in [6.07, 6.45) is -2.68. The molecule has 0 radical (unpaired) electrons. The van der Waals surface area contributed by atoms with Crippen LogP contribution in [0.25, 0.3) is 10.9 Å². The quantitative estimate of drug-likeness (QED) is 0.406. The van der Waals surface area contributed by atoms with Crippen molar-refractivity contribution >= 4 is 35.0 Å². The summed E-state index contributed by atoms with van der Waals surface area (Å²) < 4.78 is 17.7. The normalized spacial score (nSPS) is 12.9. The summed E-state index contributed by atoms with van der Waals surface area (Å²) in [5.74, 6) is -0.0696. The largest absolute Gasteiger partial charge is 0.443 e. The second-order valence-corrected chi connectivity index (χ2v) is 12.5. The predicted molar refractivity (Wildman–Crippen MR) is 135 cm³/mol. The van der Waals surface area contributed by atoms with Gasteiger partial charge in [0.25, 0.3) is 0 Å². The number of carbonyl (C=O) groups is 3. The van der Waals surface area contributed by atoms with Crippen molar-refractivity contribution in [3.63, 3.8) is 0 Å². The number of imide groups is 1. The Hall–Kier alpha value is -3.10. The SMILES string of the molecule is CC(C)(C)OC(=O)N(C(=O)OC(C)(C)C)c1nn(C(=O)OC(C)(C)C)c2cccc(C(C)(C)C)c12. The maximum Gasteiger partial charge on any atom is 0.435 e. The van der Waals surface area contributed by atoms with Crippen LogP contribution in [-0.4, -0.2) is 44.9 Å². The first-order chi connectivity index (χ1) is 15.6. The molecule has 2 amide bonds. The molecule has 194 valence electrons. The summed E-state index contributed by atoms with van der Waals surface area (Å²) in [5.41, 5.74) is -1.83. The molecule has 0 saturated heterocycles. The first-order valence-electron chi connectivity index (χ1n) is 11.6. The average Bonchev–Trinajstić information content (AvgIpc) is 2.96. The summed E-state index contributed by atoms with van der Waals surface area (Å²) in [7, 11) is 0. The van der Waals surface area contributed by atoms with Crippen molar-refractivity contribution in [2.24, 2.45) is 0 Å². The highest BCUT2D eigenvalue weighted by Crippen LogP contribution is 2.37. The Morgan fingerprint density at radius 3 is 1.60 bits per heavy atom. The van der Waals surface area contributed by atoms with Gasteiger partial charge in [-0.2, -0.15) is 9.58 Å². The summed E-state index contributed by atoms with van der Waals surface area (Å²) in [6.45, 7) is 21.3. The van der Waals surface area contributed by atoms with Gasteiger partial charge in [0.05, 0.1) is 5.52 Å². The molecule has 0 aliphatic rings. The zero-order valence-electron chi connectivity index (χ0n) is 23.0. The Labute approximate surface area is 207 Å². The Bertz CT molecular complexity index is 1090. The van der Waals surface area contributed by atoms with E-state index in [1.807, 2.05) is 26.8 Å². The molecular formula is C26H39N3O6. The van der Waals surface area contributed by atoms with Crippen LogP contribution in [0.3, 0.4) is 0 Å². The van der Waals surface area contributed by atoms with Crippen LogP contribution in [0.15, 0.2) is 18.2 Å². The molecule has 9 heteroatoms. The van der Waals surface area contributed by atoms with E-state index in [0.717, 1.165) is 15.1 Å². The van der Waals surface area contributed by atoms with Crippen LogP contribution in [0, 0.1) is 0 Å². The fourth-order valence-corrected chi connectivity index (χ4v) is 3.24. The number of rotatable bonds is 1. The van der Waals surface area contributed by atoms with E-state index >= 15 is 0 Å². The topological polar surface area (TPSA) is 100.0 Å². The van der Waals surface area contributed by atoms with Crippen LogP contribution < -0.4 is 4.90 Å². The highest BCUT2D eigenvalue weighted by atomic mass is 16.6. The minimum absolute atomic E-state index is 0.0696. The smallest absolute Gasteiger partial charge is 0.435 e. The molecule has 1 aromatic carbocycles. The molecule has 0 N–H and O–H groups in total. The van der Waals surface area contributed by atoms with Crippen molar-refractivity contribution in [1.82, 2.24) is 9.78 Å². The average molecular weight is 490 g/mol. The minimum Gasteiger partial charge on any atom is -0.443 e. The third-order valence-corrected chi connectivity index (χ3v) is 4.43. The highest BCUT2D eigenvalue weighted by Gasteiger charge is 2.38. The van der Waals surface area contributed by atoms with Crippen molar-refractivity contribution < 1.29 is 28.6 Å². The Morgan fingerprint density at radius 1 is 0.743 bits per heavy atom. The van der Waals surface area contributed by atoms with Crippen LogP contribution >= 0.6 is 0 Å². The van der Waals surface area contributed by atoms with Crippen LogP contribution in [0.2, 0.25) is 0 Å². The van der Waals surface area contributed by atoms with Gasteiger partial charge in [0.15, 0.2) is 5.82 Å². The highest BCUT2D eigenvalue weighted by molar-refractivity contribution is 6.15. The van der Waals surface area contributed by atoms with Crippen LogP contribution in [0.1, 0.15) is 88.6 Å². The first kappa shape index (κ1) is 28.1. The molecule has 9 nitrogen and oxygen atoms in total. The molecular weight excluding hydrogens is 450 g/mol. The van der Waals surface area contributed by atoms with Gasteiger partial charge in [-0.1, -0.05) is 32.9 Å². The van der Waals surface area contributed by atoms with E-state index in [1.54, 1.807) is 74.4 Å². The number of hydrogen-bond donors (Lipinski definition) is 0. The van der Waals surface area contributed by atoms with E-state index in [9.17, 15) is 14.4 Å². The number of ether oxygens (including phenoxy) is 3. The van der Waals surface area contributed by atoms with Gasteiger partial charge in [0.1, 0.15) is 16.8 Å². The second kappa shape index (κ2) is 9.17. The van der Waals surface area contributed by atoms with E-state index in [-0.39, 0.29) is 5.82 Å². The second-order valence-electron chi connectivity index (χ2n) is 12.5. The van der Waals surface area contributed by atoms with Crippen molar-refractivity contribution in [2.45, 2.75) is 105 Å². The molecule has 0 bridgehead atoms. The number of aromatic nitrogens is 2. The molecule has 0 spiro atoms. The van der Waals surface area contributed by atoms with E-state index in [0.29, 0.717) is 10.9 Å². The number of fused-ring (bicyclic) bond motifs is 1. The Balaban J connectivity index is 2.90. The zero-order valence-corrected chi connectivity index (χ0v) is 23.0. The lowest BCUT2D eigenvalue weighted by molar-refractivity contribution is 0.0421. The van der Waals surface area contributed by atoms with Crippen molar-refractivity contribution in [2.75, 3.05) is 4.90 Å². The third-order valence-electron chi connectivity index (χ3n) is 4.43. The monoisotopic (exact) mass is 489 g/mol. The number of carbonyl (C=O) groups excluding carboxylic acids is 3. The van der Waals surface area contributed by atoms with Crippen molar-refractivity contribution in [3.8, 4) is 0 Å². The summed E-state index contributed by atoms with van der Waals surface area (Å²) >= 11 is 0. The molecule has 1 aromatic heterocycles. The molecule has 0 atom stereocenters. The van der Waals surface area contributed by atoms with Gasteiger partial charge in [-0.15, -0.1) is 5.10 Å². The molecule has 1 heterocycles. The summed E-state index contributed by atoms with van der Waals surface area (Å²) in [6, 6.07) is 5.35. The Kier molecular flexibility index (Phi) is 7.37. The fraction of sp³-hybridized carbons (Fsp3) is 0.615. The van der Waals surface area contributed by atoms with E-state index in [4.69, 9.17) is 14.2 Å². The van der Waals surface area contributed by atoms with Gasteiger partial charge < -0.3 is 14.2 Å². The number of anilines is 1. The lowest BCUT2D eigenvalue weighted by Gasteiger charge is -2.28. The van der Waals surface area contributed by atoms with Crippen molar-refractivity contribution in [1.29, 1.82) is 0 Å². The van der Waals surface area contributed by atoms with Gasteiger partial charge in [0.2, 0.25) is 0 Å². The molecule has 0 aliphatic heterocycles. The van der Waals surface area contributed by atoms with Gasteiger partial charge in [0, 0.05) is 5.39 Å². The standard InChI is InChI=1S/C26H39N3O6/c1-23(2,3)16-14-13-15-17-18(16)19(27-29(17)22(32)35-26(10,11)12)28(20(30)33-24(4,5)6)21(31)34-25(7,8)9/h13-15H,1-12H3. The maximum atomic E-state index is 13.3. The third kappa shape index (κ3) is 7.19. The van der Waals surface area contributed by atoms with Crippen LogP contribution in [-0.2, 0) is 19.6 Å². The predicted octanol–water partition coefficient (Wildman–Crippen LogP) is 6.79. The van der Waals surface area contributed by atoms with Gasteiger partial charge in [-0.25, -0.2) is 14.4 Å². The van der Waals surface area contributed by atoms with E-state index in [2.05, 4.69) is 5.10 Å². The van der Waals surface area contributed by atoms with Crippen LogP contribution in [0.5, 0.6) is 0 Å². The molecule has 0 saturated carbocycles. The van der Waals surface area contributed by atoms with Gasteiger partial charge in [-0.3, -0.25) is 0 Å². The number of benzene rings is 1. The molecule has 0 unspecified atom stereocenters. The summed E-state index contributed by atoms with van der Waals surface area (Å²) in [5, 5.41) is 4.86. The molecule has 2 aromatic rings. The van der Waals surface area contributed by atoms with Crippen molar-refractivity contribution in [3.05, 3.63) is 23.8 Å². The van der Waals surface area contributed by atoms with E-state index < -0.39 is 40.5 Å².